The molecule has 0 bridgehead atoms. The second-order valence-corrected chi connectivity index (χ2v) is 5.62. The van der Waals surface area contributed by atoms with Crippen LogP contribution in [-0.2, 0) is 0 Å². The van der Waals surface area contributed by atoms with E-state index in [2.05, 4.69) is 4.98 Å². The molecule has 4 rings (SSSR count). The number of carboxylic acids is 1. The van der Waals surface area contributed by atoms with Gasteiger partial charge in [0.2, 0.25) is 11.5 Å². The Labute approximate surface area is 143 Å². The third-order valence-electron chi connectivity index (χ3n) is 4.05. The number of fused-ring (bicyclic) bond motifs is 1. The first kappa shape index (κ1) is 15.0. The molecule has 0 fully saturated rings. The van der Waals surface area contributed by atoms with Crippen LogP contribution in [0.15, 0.2) is 71.1 Å². The molecule has 0 unspecified atom stereocenters. The van der Waals surface area contributed by atoms with E-state index < -0.39 is 5.97 Å². The highest BCUT2D eigenvalue weighted by molar-refractivity contribution is 6.08. The van der Waals surface area contributed by atoms with Crippen molar-refractivity contribution in [3.8, 4) is 22.4 Å². The molecule has 0 saturated carbocycles. The summed E-state index contributed by atoms with van der Waals surface area (Å²) in [5.41, 5.74) is 9.67. The molecule has 0 atom stereocenters. The van der Waals surface area contributed by atoms with Gasteiger partial charge in [-0.2, -0.15) is 0 Å². The summed E-state index contributed by atoms with van der Waals surface area (Å²) in [6.45, 7) is 0. The quantitative estimate of drug-likeness (QED) is 0.579. The molecule has 5 nitrogen and oxygen atoms in total. The van der Waals surface area contributed by atoms with Crippen molar-refractivity contribution in [1.29, 1.82) is 0 Å². The second kappa shape index (κ2) is 5.79. The van der Waals surface area contributed by atoms with E-state index >= 15 is 0 Å². The maximum Gasteiger partial charge on any atom is 0.374 e. The number of benzene rings is 2. The Bertz CT molecular complexity index is 1070. The molecule has 0 saturated heterocycles. The van der Waals surface area contributed by atoms with Gasteiger partial charge in [0, 0.05) is 5.56 Å². The largest absolute Gasteiger partial charge is 0.475 e. The number of hydrogen-bond acceptors (Lipinski definition) is 4. The van der Waals surface area contributed by atoms with Gasteiger partial charge in [-0.1, -0.05) is 60.7 Å². The number of furan rings is 1. The first-order valence-electron chi connectivity index (χ1n) is 7.72. The van der Waals surface area contributed by atoms with Gasteiger partial charge in [-0.15, -0.1) is 0 Å². The molecule has 0 amide bonds. The summed E-state index contributed by atoms with van der Waals surface area (Å²) in [5, 5.41) is 9.83. The minimum absolute atomic E-state index is 0.0912. The Morgan fingerprint density at radius 3 is 2.16 bits per heavy atom. The summed E-state index contributed by atoms with van der Waals surface area (Å²) in [6, 6.07) is 21.2. The van der Waals surface area contributed by atoms with Crippen LogP contribution < -0.4 is 5.73 Å². The maximum absolute atomic E-state index is 11.4. The van der Waals surface area contributed by atoms with E-state index in [-0.39, 0.29) is 17.2 Å². The fourth-order valence-electron chi connectivity index (χ4n) is 2.88. The van der Waals surface area contributed by atoms with Crippen LogP contribution in [0.25, 0.3) is 33.5 Å². The van der Waals surface area contributed by atoms with E-state index in [1.165, 1.54) is 0 Å². The van der Waals surface area contributed by atoms with Crippen molar-refractivity contribution in [3.63, 3.8) is 0 Å². The highest BCUT2D eigenvalue weighted by Crippen LogP contribution is 2.38. The maximum atomic E-state index is 11.4. The fourth-order valence-corrected chi connectivity index (χ4v) is 2.88. The lowest BCUT2D eigenvalue weighted by Gasteiger charge is -2.07. The molecule has 2 aromatic carbocycles. The molecule has 2 heterocycles. The van der Waals surface area contributed by atoms with E-state index in [1.54, 1.807) is 0 Å². The van der Waals surface area contributed by atoms with Gasteiger partial charge in [0.1, 0.15) is 0 Å². The number of aromatic nitrogens is 1. The van der Waals surface area contributed by atoms with Gasteiger partial charge in [-0.05, 0) is 17.2 Å². The number of anilines is 1. The Morgan fingerprint density at radius 1 is 0.960 bits per heavy atom. The lowest BCUT2D eigenvalue weighted by atomic mass is 9.99. The Kier molecular flexibility index (Phi) is 3.47. The number of hydrogen-bond donors (Lipinski definition) is 2. The average molecular weight is 330 g/mol. The number of rotatable bonds is 3. The van der Waals surface area contributed by atoms with E-state index in [0.717, 1.165) is 16.7 Å². The second-order valence-electron chi connectivity index (χ2n) is 5.62. The molecule has 0 aliphatic heterocycles. The van der Waals surface area contributed by atoms with Crippen molar-refractivity contribution in [1.82, 2.24) is 4.98 Å². The highest BCUT2D eigenvalue weighted by atomic mass is 16.4. The molecule has 2 aromatic heterocycles. The number of pyridine rings is 1. The van der Waals surface area contributed by atoms with Gasteiger partial charge in [0.15, 0.2) is 0 Å². The molecule has 122 valence electrons. The van der Waals surface area contributed by atoms with Crippen molar-refractivity contribution in [2.24, 2.45) is 0 Å². The zero-order valence-electron chi connectivity index (χ0n) is 13.1. The topological polar surface area (TPSA) is 89.4 Å². The summed E-state index contributed by atoms with van der Waals surface area (Å²) >= 11 is 0. The normalized spacial score (nSPS) is 10.9. The molecular formula is C20H14N2O3. The monoisotopic (exact) mass is 330 g/mol. The predicted molar refractivity (Wildman–Crippen MR) is 96.3 cm³/mol. The summed E-state index contributed by atoms with van der Waals surface area (Å²) in [6.07, 6.45) is 0. The van der Waals surface area contributed by atoms with Crippen LogP contribution in [0.4, 0.5) is 5.69 Å². The number of nitrogen functional groups attached to an aromatic ring is 1. The summed E-state index contributed by atoms with van der Waals surface area (Å²) < 4.78 is 5.45. The molecular weight excluding hydrogens is 316 g/mol. The van der Waals surface area contributed by atoms with Crippen LogP contribution in [0.5, 0.6) is 0 Å². The Hall–Kier alpha value is -3.60. The number of nitrogens with zero attached hydrogens (tertiary/aromatic N) is 1. The summed E-state index contributed by atoms with van der Waals surface area (Å²) in [7, 11) is 0. The Balaban J connectivity index is 2.07. The molecule has 4 aromatic rings. The van der Waals surface area contributed by atoms with Crippen LogP contribution in [0.2, 0.25) is 0 Å². The van der Waals surface area contributed by atoms with Gasteiger partial charge < -0.3 is 15.3 Å². The van der Waals surface area contributed by atoms with Crippen molar-refractivity contribution >= 4 is 22.8 Å². The van der Waals surface area contributed by atoms with Crippen LogP contribution in [-0.4, -0.2) is 16.1 Å². The third kappa shape index (κ3) is 2.52. The lowest BCUT2D eigenvalue weighted by molar-refractivity contribution is 0.0666. The van der Waals surface area contributed by atoms with E-state index in [1.807, 2.05) is 66.7 Å². The van der Waals surface area contributed by atoms with Crippen LogP contribution in [0, 0.1) is 0 Å². The number of nitrogens with two attached hydrogens (primary N) is 1. The van der Waals surface area contributed by atoms with E-state index in [4.69, 9.17) is 10.2 Å². The molecule has 5 heteroatoms. The predicted octanol–water partition coefficient (Wildman–Crippen LogP) is 4.44. The average Bonchev–Trinajstić information content (AvgIpc) is 2.99. The minimum atomic E-state index is -1.21. The van der Waals surface area contributed by atoms with Gasteiger partial charge in [0.05, 0.1) is 16.8 Å². The molecule has 0 radical (unpaired) electrons. The minimum Gasteiger partial charge on any atom is -0.475 e. The van der Waals surface area contributed by atoms with Crippen molar-refractivity contribution < 1.29 is 14.3 Å². The molecule has 0 spiro atoms. The van der Waals surface area contributed by atoms with E-state index in [0.29, 0.717) is 11.1 Å². The van der Waals surface area contributed by atoms with Gasteiger partial charge in [0.25, 0.3) is 0 Å². The standard InChI is InChI=1S/C20H14N2O3/c21-17-16-14(12-7-3-1-4-8-12)11-15(13-9-5-2-6-10-13)22-19(16)25-18(17)20(23)24/h1-11H,21H2,(H,23,24). The Morgan fingerprint density at radius 2 is 1.56 bits per heavy atom. The summed E-state index contributed by atoms with van der Waals surface area (Å²) in [4.78, 5) is 15.9. The lowest BCUT2D eigenvalue weighted by Crippen LogP contribution is -1.98. The number of carboxylic acid groups (broad SMARTS) is 1. The zero-order valence-corrected chi connectivity index (χ0v) is 13.1. The first-order valence-corrected chi connectivity index (χ1v) is 7.72. The van der Waals surface area contributed by atoms with Crippen molar-refractivity contribution in [3.05, 3.63) is 72.5 Å². The van der Waals surface area contributed by atoms with Crippen LogP contribution in [0.1, 0.15) is 10.6 Å². The highest BCUT2D eigenvalue weighted by Gasteiger charge is 2.22. The first-order chi connectivity index (χ1) is 12.1. The smallest absolute Gasteiger partial charge is 0.374 e. The third-order valence-corrected chi connectivity index (χ3v) is 4.05. The van der Waals surface area contributed by atoms with E-state index in [9.17, 15) is 9.90 Å². The molecule has 25 heavy (non-hydrogen) atoms. The zero-order chi connectivity index (χ0) is 17.4. The number of aromatic carboxylic acids is 1. The van der Waals surface area contributed by atoms with Gasteiger partial charge in [-0.3, -0.25) is 0 Å². The van der Waals surface area contributed by atoms with Crippen LogP contribution >= 0.6 is 0 Å². The fraction of sp³-hybridized carbons (Fsp3) is 0. The molecule has 0 aliphatic rings. The van der Waals surface area contributed by atoms with Crippen molar-refractivity contribution in [2.45, 2.75) is 0 Å². The SMILES string of the molecule is Nc1c(C(=O)O)oc2nc(-c3ccccc3)cc(-c3ccccc3)c12. The summed E-state index contributed by atoms with van der Waals surface area (Å²) in [5.74, 6) is -1.50. The molecule has 3 N–H and O–H groups in total. The van der Waals surface area contributed by atoms with Gasteiger partial charge >= 0.3 is 5.97 Å². The van der Waals surface area contributed by atoms with Gasteiger partial charge in [-0.25, -0.2) is 9.78 Å². The van der Waals surface area contributed by atoms with Crippen LogP contribution in [0.3, 0.4) is 0 Å². The van der Waals surface area contributed by atoms with Crippen molar-refractivity contribution in [2.75, 3.05) is 5.73 Å². The molecule has 0 aliphatic carbocycles. The number of carbonyl (C=O) groups is 1.